The number of hydrogen-bond donors (Lipinski definition) is 0. The highest BCUT2D eigenvalue weighted by Crippen LogP contribution is 2.20. The topological polar surface area (TPSA) is 52.6 Å². The minimum absolute atomic E-state index is 0.309. The maximum absolute atomic E-state index is 12.0. The first-order valence-electron chi connectivity index (χ1n) is 6.77. The third-order valence-electron chi connectivity index (χ3n) is 3.36. The van der Waals surface area contributed by atoms with Crippen molar-refractivity contribution in [3.8, 4) is 11.1 Å². The Morgan fingerprint density at radius 2 is 1.67 bits per heavy atom. The van der Waals surface area contributed by atoms with Crippen molar-refractivity contribution in [3.05, 3.63) is 60.2 Å². The summed E-state index contributed by atoms with van der Waals surface area (Å²) in [7, 11) is 0. The summed E-state index contributed by atoms with van der Waals surface area (Å²) in [5, 5.41) is 0. The van der Waals surface area contributed by atoms with Crippen molar-refractivity contribution in [3.63, 3.8) is 0 Å². The average Bonchev–Trinajstić information content (AvgIpc) is 2.93. The fourth-order valence-corrected chi connectivity index (χ4v) is 2.21. The fourth-order valence-electron chi connectivity index (χ4n) is 2.21. The van der Waals surface area contributed by atoms with E-state index in [1.807, 2.05) is 42.5 Å². The molecule has 0 saturated carbocycles. The minimum atomic E-state index is -0.772. The highest BCUT2D eigenvalue weighted by Gasteiger charge is 2.30. The van der Waals surface area contributed by atoms with Crippen molar-refractivity contribution >= 4 is 11.9 Å². The van der Waals surface area contributed by atoms with Crippen molar-refractivity contribution in [2.45, 2.75) is 12.5 Å². The van der Waals surface area contributed by atoms with E-state index in [4.69, 9.17) is 9.47 Å². The predicted octanol–water partition coefficient (Wildman–Crippen LogP) is 2.83. The molecule has 0 N–H and O–H groups in total. The third kappa shape index (κ3) is 2.94. The smallest absolute Gasteiger partial charge is 0.347 e. The molecular weight excluding hydrogens is 268 g/mol. The lowest BCUT2D eigenvalue weighted by atomic mass is 10.0. The van der Waals surface area contributed by atoms with Gasteiger partial charge in [0.15, 0.2) is 0 Å². The molecule has 21 heavy (non-hydrogen) atoms. The van der Waals surface area contributed by atoms with Crippen molar-refractivity contribution in [1.29, 1.82) is 0 Å². The van der Waals surface area contributed by atoms with Crippen LogP contribution in [-0.4, -0.2) is 24.6 Å². The molecule has 1 aliphatic rings. The molecule has 0 spiro atoms. The van der Waals surface area contributed by atoms with Gasteiger partial charge in [-0.1, -0.05) is 42.5 Å². The van der Waals surface area contributed by atoms with Gasteiger partial charge in [0.05, 0.1) is 12.2 Å². The predicted molar refractivity (Wildman–Crippen MR) is 76.7 cm³/mol. The molecule has 106 valence electrons. The number of rotatable bonds is 3. The zero-order valence-corrected chi connectivity index (χ0v) is 11.3. The van der Waals surface area contributed by atoms with Gasteiger partial charge < -0.3 is 9.47 Å². The Balaban J connectivity index is 1.72. The van der Waals surface area contributed by atoms with Gasteiger partial charge in [0.2, 0.25) is 6.10 Å². The van der Waals surface area contributed by atoms with Crippen LogP contribution >= 0.6 is 0 Å². The maximum Gasteiger partial charge on any atom is 0.347 e. The molecule has 1 fully saturated rings. The second kappa shape index (κ2) is 5.79. The zero-order chi connectivity index (χ0) is 14.7. The Morgan fingerprint density at radius 1 is 1.00 bits per heavy atom. The van der Waals surface area contributed by atoms with Crippen LogP contribution in [0.3, 0.4) is 0 Å². The van der Waals surface area contributed by atoms with Gasteiger partial charge >= 0.3 is 11.9 Å². The van der Waals surface area contributed by atoms with Crippen LogP contribution in [0, 0.1) is 0 Å². The number of ether oxygens (including phenoxy) is 2. The summed E-state index contributed by atoms with van der Waals surface area (Å²) in [4.78, 5) is 23.2. The molecule has 0 radical (unpaired) electrons. The van der Waals surface area contributed by atoms with Crippen LogP contribution in [0.2, 0.25) is 0 Å². The van der Waals surface area contributed by atoms with E-state index in [-0.39, 0.29) is 0 Å². The van der Waals surface area contributed by atoms with Gasteiger partial charge in [-0.3, -0.25) is 0 Å². The molecule has 0 unspecified atom stereocenters. The largest absolute Gasteiger partial charge is 0.463 e. The summed E-state index contributed by atoms with van der Waals surface area (Å²) in [6, 6.07) is 17.0. The molecule has 3 rings (SSSR count). The maximum atomic E-state index is 12.0. The van der Waals surface area contributed by atoms with Crippen LogP contribution in [0.25, 0.3) is 11.1 Å². The highest BCUT2D eigenvalue weighted by atomic mass is 16.6. The summed E-state index contributed by atoms with van der Waals surface area (Å²) >= 11 is 0. The van der Waals surface area contributed by atoms with Gasteiger partial charge in [-0.25, -0.2) is 9.59 Å². The Labute approximate surface area is 122 Å². The highest BCUT2D eigenvalue weighted by molar-refractivity contribution is 5.92. The Bertz CT molecular complexity index is 646. The molecule has 1 heterocycles. The van der Waals surface area contributed by atoms with Crippen LogP contribution in [-0.2, 0) is 14.3 Å². The van der Waals surface area contributed by atoms with Gasteiger partial charge in [-0.05, 0) is 23.3 Å². The minimum Gasteiger partial charge on any atom is -0.463 e. The van der Waals surface area contributed by atoms with E-state index < -0.39 is 18.0 Å². The van der Waals surface area contributed by atoms with E-state index in [1.54, 1.807) is 12.1 Å². The van der Waals surface area contributed by atoms with E-state index in [2.05, 4.69) is 0 Å². The van der Waals surface area contributed by atoms with E-state index in [0.29, 0.717) is 18.6 Å². The molecular formula is C17H14O4. The molecule has 1 aliphatic heterocycles. The van der Waals surface area contributed by atoms with Crippen molar-refractivity contribution in [1.82, 2.24) is 0 Å². The van der Waals surface area contributed by atoms with Gasteiger partial charge in [-0.2, -0.15) is 0 Å². The van der Waals surface area contributed by atoms with E-state index >= 15 is 0 Å². The van der Waals surface area contributed by atoms with Gasteiger partial charge in [0.25, 0.3) is 0 Å². The lowest BCUT2D eigenvalue weighted by molar-refractivity contribution is -0.145. The number of cyclic esters (lactones) is 1. The van der Waals surface area contributed by atoms with Crippen molar-refractivity contribution in [2.75, 3.05) is 6.61 Å². The number of carbonyl (C=O) groups excluding carboxylic acids is 2. The first-order valence-corrected chi connectivity index (χ1v) is 6.77. The van der Waals surface area contributed by atoms with Gasteiger partial charge in [0, 0.05) is 6.42 Å². The molecule has 4 nitrogen and oxygen atoms in total. The summed E-state index contributed by atoms with van der Waals surface area (Å²) < 4.78 is 9.90. The molecule has 0 aliphatic carbocycles. The second-order valence-electron chi connectivity index (χ2n) is 4.79. The number of hydrogen-bond acceptors (Lipinski definition) is 4. The average molecular weight is 282 g/mol. The van der Waals surface area contributed by atoms with Crippen LogP contribution in [0.15, 0.2) is 54.6 Å². The second-order valence-corrected chi connectivity index (χ2v) is 4.79. The third-order valence-corrected chi connectivity index (χ3v) is 3.36. The molecule has 0 amide bonds. The Morgan fingerprint density at radius 3 is 2.29 bits per heavy atom. The van der Waals surface area contributed by atoms with Crippen molar-refractivity contribution < 1.29 is 19.1 Å². The number of esters is 2. The van der Waals surface area contributed by atoms with Crippen LogP contribution in [0.4, 0.5) is 0 Å². The normalized spacial score (nSPS) is 17.3. The number of carbonyl (C=O) groups is 2. The van der Waals surface area contributed by atoms with Crippen LogP contribution < -0.4 is 0 Å². The zero-order valence-electron chi connectivity index (χ0n) is 11.3. The van der Waals surface area contributed by atoms with Gasteiger partial charge in [-0.15, -0.1) is 0 Å². The Kier molecular flexibility index (Phi) is 3.69. The molecule has 4 heteroatoms. The van der Waals surface area contributed by atoms with E-state index in [1.165, 1.54) is 0 Å². The van der Waals surface area contributed by atoms with Gasteiger partial charge in [0.1, 0.15) is 0 Å². The van der Waals surface area contributed by atoms with E-state index in [0.717, 1.165) is 11.1 Å². The van der Waals surface area contributed by atoms with Crippen LogP contribution in [0.5, 0.6) is 0 Å². The van der Waals surface area contributed by atoms with E-state index in [9.17, 15) is 9.59 Å². The molecule has 1 atom stereocenters. The first-order chi connectivity index (χ1) is 10.2. The SMILES string of the molecule is O=C(O[C@H]1CCOC1=O)c1ccc(-c2ccccc2)cc1. The molecule has 1 saturated heterocycles. The lowest BCUT2D eigenvalue weighted by Crippen LogP contribution is -2.22. The fraction of sp³-hybridized carbons (Fsp3) is 0.176. The standard InChI is InChI=1S/C17H14O4/c18-16(21-15-10-11-20-17(15)19)14-8-6-13(7-9-14)12-4-2-1-3-5-12/h1-9,15H,10-11H2/t15-/m0/s1. The Hall–Kier alpha value is -2.62. The summed E-state index contributed by atoms with van der Waals surface area (Å²) in [5.41, 5.74) is 2.53. The van der Waals surface area contributed by atoms with Crippen LogP contribution in [0.1, 0.15) is 16.8 Å². The quantitative estimate of drug-likeness (QED) is 0.812. The molecule has 2 aromatic carbocycles. The molecule has 0 bridgehead atoms. The number of benzene rings is 2. The first kappa shape index (κ1) is 13.4. The molecule has 2 aromatic rings. The summed E-state index contributed by atoms with van der Waals surface area (Å²) in [6.45, 7) is 0.309. The van der Waals surface area contributed by atoms with Crippen molar-refractivity contribution in [2.24, 2.45) is 0 Å². The summed E-state index contributed by atoms with van der Waals surface area (Å²) in [5.74, 6) is -0.970. The summed E-state index contributed by atoms with van der Waals surface area (Å²) in [6.07, 6.45) is -0.349. The monoisotopic (exact) mass is 282 g/mol. The lowest BCUT2D eigenvalue weighted by Gasteiger charge is -2.08. The molecule has 0 aromatic heterocycles.